The van der Waals surface area contributed by atoms with Crippen LogP contribution >= 0.6 is 0 Å². The Bertz CT molecular complexity index is 532. The van der Waals surface area contributed by atoms with Crippen molar-refractivity contribution < 1.29 is 14.3 Å². The second kappa shape index (κ2) is 6.38. The zero-order chi connectivity index (χ0) is 15.5. The molecule has 0 spiro atoms. The normalized spacial score (nSPS) is 26.6. The fraction of sp³-hybridized carbons (Fsp3) is 0.529. The van der Waals surface area contributed by atoms with Crippen molar-refractivity contribution in [3.63, 3.8) is 0 Å². The Labute approximate surface area is 130 Å². The Morgan fingerprint density at radius 3 is 2.41 bits per heavy atom. The first-order valence-electron chi connectivity index (χ1n) is 7.88. The van der Waals surface area contributed by atoms with Gasteiger partial charge in [-0.05, 0) is 30.2 Å². The summed E-state index contributed by atoms with van der Waals surface area (Å²) in [4.78, 5) is 25.1. The smallest absolute Gasteiger partial charge is 0.410 e. The third kappa shape index (κ3) is 3.40. The molecule has 1 N–H and O–H groups in total. The summed E-state index contributed by atoms with van der Waals surface area (Å²) < 4.78 is 5.38. The molecule has 2 amide bonds. The average molecular weight is 302 g/mol. The van der Waals surface area contributed by atoms with Crippen LogP contribution in [0.1, 0.15) is 25.3 Å². The molecule has 1 heterocycles. The summed E-state index contributed by atoms with van der Waals surface area (Å²) in [5.74, 6) is 1.09. The fourth-order valence-corrected chi connectivity index (χ4v) is 3.40. The summed E-state index contributed by atoms with van der Waals surface area (Å²) in [5.41, 5.74) is 0.999. The molecular formula is C17H22N2O3. The molecule has 0 radical (unpaired) electrons. The molecule has 2 fully saturated rings. The Hall–Kier alpha value is -2.04. The van der Waals surface area contributed by atoms with Crippen LogP contribution in [-0.2, 0) is 16.1 Å². The maximum Gasteiger partial charge on any atom is 0.410 e. The Balaban J connectivity index is 1.45. The first-order chi connectivity index (χ1) is 10.6. The van der Waals surface area contributed by atoms with Gasteiger partial charge >= 0.3 is 6.09 Å². The van der Waals surface area contributed by atoms with E-state index in [4.69, 9.17) is 4.74 Å². The van der Waals surface area contributed by atoms with Crippen LogP contribution < -0.4 is 5.32 Å². The summed E-state index contributed by atoms with van der Waals surface area (Å²) >= 11 is 0. The number of amides is 2. The molecule has 1 saturated heterocycles. The van der Waals surface area contributed by atoms with Crippen LogP contribution in [0, 0.1) is 11.8 Å². The summed E-state index contributed by atoms with van der Waals surface area (Å²) in [6, 6.07) is 10.0. The number of likely N-dealkylation sites (tertiary alicyclic amines) is 1. The van der Waals surface area contributed by atoms with Crippen molar-refractivity contribution in [1.29, 1.82) is 0 Å². The van der Waals surface area contributed by atoms with E-state index < -0.39 is 0 Å². The van der Waals surface area contributed by atoms with Gasteiger partial charge in [0, 0.05) is 26.1 Å². The van der Waals surface area contributed by atoms with Crippen molar-refractivity contribution in [1.82, 2.24) is 10.2 Å². The summed E-state index contributed by atoms with van der Waals surface area (Å²) in [6.45, 7) is 3.30. The van der Waals surface area contributed by atoms with Gasteiger partial charge in [-0.3, -0.25) is 4.79 Å². The van der Waals surface area contributed by atoms with Crippen LogP contribution in [0.2, 0.25) is 0 Å². The molecule has 5 nitrogen and oxygen atoms in total. The first kappa shape index (κ1) is 14.9. The van der Waals surface area contributed by atoms with Crippen molar-refractivity contribution in [2.75, 3.05) is 13.1 Å². The number of hydrogen-bond acceptors (Lipinski definition) is 3. The minimum Gasteiger partial charge on any atom is -0.445 e. The van der Waals surface area contributed by atoms with Crippen molar-refractivity contribution in [2.45, 2.75) is 32.4 Å². The number of carbonyl (C=O) groups is 2. The number of rotatable bonds is 3. The molecule has 0 bridgehead atoms. The van der Waals surface area contributed by atoms with E-state index >= 15 is 0 Å². The third-order valence-electron chi connectivity index (χ3n) is 4.63. The van der Waals surface area contributed by atoms with Gasteiger partial charge in [-0.2, -0.15) is 0 Å². The summed E-state index contributed by atoms with van der Waals surface area (Å²) in [5, 5.41) is 3.00. The fourth-order valence-electron chi connectivity index (χ4n) is 3.40. The molecule has 0 unspecified atom stereocenters. The Kier molecular flexibility index (Phi) is 4.32. The van der Waals surface area contributed by atoms with Crippen LogP contribution in [0.25, 0.3) is 0 Å². The van der Waals surface area contributed by atoms with Crippen LogP contribution in [0.4, 0.5) is 4.79 Å². The van der Waals surface area contributed by atoms with E-state index in [2.05, 4.69) is 5.32 Å². The van der Waals surface area contributed by atoms with E-state index in [9.17, 15) is 9.59 Å². The lowest BCUT2D eigenvalue weighted by atomic mass is 10.2. The van der Waals surface area contributed by atoms with Gasteiger partial charge in [0.05, 0.1) is 0 Å². The van der Waals surface area contributed by atoms with Crippen LogP contribution in [0.5, 0.6) is 0 Å². The molecule has 22 heavy (non-hydrogen) atoms. The monoisotopic (exact) mass is 302 g/mol. The lowest BCUT2D eigenvalue weighted by molar-refractivity contribution is -0.119. The highest BCUT2D eigenvalue weighted by Crippen LogP contribution is 2.46. The molecular weight excluding hydrogens is 280 g/mol. The lowest BCUT2D eigenvalue weighted by Gasteiger charge is -2.21. The quantitative estimate of drug-likeness (QED) is 0.931. The van der Waals surface area contributed by atoms with Gasteiger partial charge in [-0.1, -0.05) is 30.3 Å². The van der Waals surface area contributed by atoms with Gasteiger partial charge in [-0.15, -0.1) is 0 Å². The predicted octanol–water partition coefficient (Wildman–Crippen LogP) is 2.17. The molecule has 1 aliphatic heterocycles. The van der Waals surface area contributed by atoms with Gasteiger partial charge in [-0.25, -0.2) is 4.79 Å². The highest BCUT2D eigenvalue weighted by atomic mass is 16.6. The molecule has 1 aromatic rings. The number of carbonyl (C=O) groups excluding carboxylic acids is 2. The molecule has 0 aromatic heterocycles. The van der Waals surface area contributed by atoms with Gasteiger partial charge in [0.25, 0.3) is 0 Å². The molecule has 1 aromatic carbocycles. The maximum absolute atomic E-state index is 12.1. The zero-order valence-electron chi connectivity index (χ0n) is 12.8. The van der Waals surface area contributed by atoms with Crippen LogP contribution in [0.15, 0.2) is 30.3 Å². The Morgan fingerprint density at radius 1 is 1.18 bits per heavy atom. The molecule has 2 aliphatic rings. The third-order valence-corrected chi connectivity index (χ3v) is 4.63. The topological polar surface area (TPSA) is 58.6 Å². The zero-order valence-corrected chi connectivity index (χ0v) is 12.8. The van der Waals surface area contributed by atoms with Crippen LogP contribution in [-0.4, -0.2) is 36.0 Å². The number of fused-ring (bicyclic) bond motifs is 1. The first-order valence-corrected chi connectivity index (χ1v) is 7.88. The largest absolute Gasteiger partial charge is 0.445 e. The van der Waals surface area contributed by atoms with Gasteiger partial charge in [0.1, 0.15) is 6.61 Å². The van der Waals surface area contributed by atoms with E-state index in [1.54, 1.807) is 11.8 Å². The molecule has 1 aliphatic carbocycles. The maximum atomic E-state index is 12.1. The second-order valence-electron chi connectivity index (χ2n) is 6.16. The molecule has 1 saturated carbocycles. The number of benzene rings is 1. The number of nitrogens with zero attached hydrogens (tertiary/aromatic N) is 1. The predicted molar refractivity (Wildman–Crippen MR) is 82.0 cm³/mol. The Morgan fingerprint density at radius 2 is 1.82 bits per heavy atom. The van der Waals surface area contributed by atoms with Gasteiger partial charge < -0.3 is 15.0 Å². The second-order valence-corrected chi connectivity index (χ2v) is 6.16. The number of ether oxygens (including phenoxy) is 1. The summed E-state index contributed by atoms with van der Waals surface area (Å²) in [6.07, 6.45) is 1.65. The van der Waals surface area contributed by atoms with Gasteiger partial charge in [0.15, 0.2) is 0 Å². The van der Waals surface area contributed by atoms with Crippen molar-refractivity contribution >= 4 is 12.0 Å². The minimum absolute atomic E-state index is 0.0391. The SMILES string of the molecule is CC(=O)N[C@@H]1[C@@H]2CCN(C(=O)OCc3ccccc3)CC[C@@H]21. The highest BCUT2D eigenvalue weighted by Gasteiger charge is 2.51. The number of nitrogens with one attached hydrogen (secondary N) is 1. The van der Waals surface area contributed by atoms with Crippen molar-refractivity contribution in [2.24, 2.45) is 11.8 Å². The van der Waals surface area contributed by atoms with E-state index in [1.165, 1.54) is 0 Å². The lowest BCUT2D eigenvalue weighted by Crippen LogP contribution is -2.34. The molecule has 3 atom stereocenters. The molecule has 5 heteroatoms. The molecule has 3 rings (SSSR count). The minimum atomic E-state index is -0.235. The van der Waals surface area contributed by atoms with Crippen LogP contribution in [0.3, 0.4) is 0 Å². The average Bonchev–Trinajstić information content (AvgIpc) is 3.21. The van der Waals surface area contributed by atoms with E-state index in [-0.39, 0.29) is 12.0 Å². The number of hydrogen-bond donors (Lipinski definition) is 1. The van der Waals surface area contributed by atoms with Gasteiger partial charge in [0.2, 0.25) is 5.91 Å². The van der Waals surface area contributed by atoms with Crippen molar-refractivity contribution in [3.8, 4) is 0 Å². The van der Waals surface area contributed by atoms with E-state index in [1.807, 2.05) is 30.3 Å². The summed E-state index contributed by atoms with van der Waals surface area (Å²) in [7, 11) is 0. The standard InChI is InChI=1S/C17H22N2O3/c1-12(20)18-16-14-7-9-19(10-8-15(14)16)17(21)22-11-13-5-3-2-4-6-13/h2-6,14-16H,7-11H2,1H3,(H,18,20)/t14-,15+,16-. The van der Waals surface area contributed by atoms with E-state index in [0.717, 1.165) is 18.4 Å². The highest BCUT2D eigenvalue weighted by molar-refractivity contribution is 5.73. The molecule has 118 valence electrons. The van der Waals surface area contributed by atoms with E-state index in [0.29, 0.717) is 37.6 Å². The van der Waals surface area contributed by atoms with Crippen molar-refractivity contribution in [3.05, 3.63) is 35.9 Å².